The number of halogens is 3. The lowest BCUT2D eigenvalue weighted by Crippen LogP contribution is -2.39. The number of alkyl halides is 3. The molecule has 11 nitrogen and oxygen atoms in total. The Kier molecular flexibility index (Phi) is 8.90. The van der Waals surface area contributed by atoms with E-state index in [4.69, 9.17) is 14.5 Å². The number of ether oxygens (including phenoxy) is 2. The molecule has 3 aromatic heterocycles. The van der Waals surface area contributed by atoms with Crippen molar-refractivity contribution in [3.8, 4) is 11.8 Å². The fourth-order valence-electron chi connectivity index (χ4n) is 6.99. The number of aryl methyl sites for hydroxylation is 3. The van der Waals surface area contributed by atoms with E-state index in [9.17, 15) is 27.3 Å². The minimum atomic E-state index is -4.71. The first-order chi connectivity index (χ1) is 24.1. The smallest absolute Gasteiger partial charge is 0.452 e. The van der Waals surface area contributed by atoms with Gasteiger partial charge in [-0.25, -0.2) is 8.51 Å². The standard InChI is InChI=1S/C36H41F3N6O5S/c1-21-7-8-24(28(34(4,5)33(46)47)26-9-14-45-29(23(26)3)41-42-32(45)36(37,38)39)18-25(21)19-44-20-35(10-11-35)50-31-27(51(44)48)17-22(2)30(40-31)49-16-15-43-12-6-13-43/h7-9,14,17-18,28H,6,10-13,15-16,19-20H2,1-5H3,(H,46,47). The quantitative estimate of drug-likeness (QED) is 0.215. The molecular weight excluding hydrogens is 685 g/mol. The number of fused-ring (bicyclic) bond motifs is 2. The van der Waals surface area contributed by atoms with Gasteiger partial charge in [0, 0.05) is 30.8 Å². The summed E-state index contributed by atoms with van der Waals surface area (Å²) >= 11 is 0. The normalized spacial score (nSPS) is 19.6. The minimum absolute atomic E-state index is 0.000288. The number of benzene rings is 1. The summed E-state index contributed by atoms with van der Waals surface area (Å²) in [7, 11) is -1.63. The molecule has 2 aliphatic heterocycles. The maximum Gasteiger partial charge on any atom is 0.452 e. The molecule has 3 aliphatic rings. The van der Waals surface area contributed by atoms with E-state index in [0.717, 1.165) is 53.6 Å². The summed E-state index contributed by atoms with van der Waals surface area (Å²) in [4.78, 5) is 20.3. The molecule has 0 bridgehead atoms. The van der Waals surface area contributed by atoms with Gasteiger partial charge in [-0.1, -0.05) is 18.2 Å². The third-order valence-electron chi connectivity index (χ3n) is 10.5. The number of pyridine rings is 2. The van der Waals surface area contributed by atoms with Crippen LogP contribution in [-0.2, 0) is 28.5 Å². The average Bonchev–Trinajstić information content (AvgIpc) is 3.66. The Morgan fingerprint density at radius 2 is 1.84 bits per heavy atom. The second-order valence-corrected chi connectivity index (χ2v) is 16.0. The van der Waals surface area contributed by atoms with Gasteiger partial charge in [0.05, 0.1) is 12.0 Å². The van der Waals surface area contributed by atoms with Gasteiger partial charge in [0.2, 0.25) is 17.6 Å². The number of hydrogen-bond donors (Lipinski definition) is 1. The summed E-state index contributed by atoms with van der Waals surface area (Å²) in [5.74, 6) is -2.21. The fourth-order valence-corrected chi connectivity index (χ4v) is 8.39. The van der Waals surface area contributed by atoms with Gasteiger partial charge in [-0.2, -0.15) is 18.2 Å². The number of carboxylic acids is 1. The van der Waals surface area contributed by atoms with E-state index in [1.54, 1.807) is 20.8 Å². The number of carboxylic acid groups (broad SMARTS) is 1. The van der Waals surface area contributed by atoms with Crippen LogP contribution in [0.1, 0.15) is 78.2 Å². The molecule has 1 saturated heterocycles. The predicted molar refractivity (Wildman–Crippen MR) is 182 cm³/mol. The molecule has 2 fully saturated rings. The molecule has 2 unspecified atom stereocenters. The number of aliphatic carboxylic acids is 1. The minimum Gasteiger partial charge on any atom is -0.481 e. The first-order valence-electron chi connectivity index (χ1n) is 17.0. The lowest BCUT2D eigenvalue weighted by molar-refractivity contribution is -0.147. The Hall–Kier alpha value is -4.08. The molecule has 272 valence electrons. The first-order valence-corrected chi connectivity index (χ1v) is 18.2. The monoisotopic (exact) mass is 726 g/mol. The van der Waals surface area contributed by atoms with Gasteiger partial charge in [0.25, 0.3) is 0 Å². The summed E-state index contributed by atoms with van der Waals surface area (Å²) in [6.45, 7) is 12.8. The van der Waals surface area contributed by atoms with Crippen molar-refractivity contribution < 1.29 is 36.8 Å². The van der Waals surface area contributed by atoms with Crippen LogP contribution in [0.4, 0.5) is 13.2 Å². The van der Waals surface area contributed by atoms with Crippen molar-refractivity contribution in [1.82, 2.24) is 28.8 Å². The molecule has 5 heterocycles. The third-order valence-corrected chi connectivity index (χ3v) is 11.9. The van der Waals surface area contributed by atoms with Gasteiger partial charge in [0.1, 0.15) is 28.1 Å². The number of nitrogens with zero attached hydrogens (tertiary/aromatic N) is 6. The highest BCUT2D eigenvalue weighted by Gasteiger charge is 2.51. The third kappa shape index (κ3) is 6.59. The van der Waals surface area contributed by atoms with Crippen LogP contribution < -0.4 is 9.47 Å². The summed E-state index contributed by atoms with van der Waals surface area (Å²) in [5, 5.41) is 17.6. The molecule has 1 aliphatic carbocycles. The highest BCUT2D eigenvalue weighted by Crippen LogP contribution is 2.47. The largest absolute Gasteiger partial charge is 0.481 e. The number of aromatic nitrogens is 4. The predicted octanol–water partition coefficient (Wildman–Crippen LogP) is 5.85. The lowest BCUT2D eigenvalue weighted by atomic mass is 9.70. The maximum atomic E-state index is 14.3. The summed E-state index contributed by atoms with van der Waals surface area (Å²) < 4.78 is 70.5. The Morgan fingerprint density at radius 3 is 2.49 bits per heavy atom. The van der Waals surface area contributed by atoms with Crippen molar-refractivity contribution in [1.29, 1.82) is 0 Å². The number of likely N-dealkylation sites (tertiary alicyclic amines) is 1. The second-order valence-electron chi connectivity index (χ2n) is 14.5. The zero-order valence-electron chi connectivity index (χ0n) is 29.2. The van der Waals surface area contributed by atoms with E-state index >= 15 is 0 Å². The van der Waals surface area contributed by atoms with Crippen LogP contribution in [0.25, 0.3) is 5.65 Å². The molecule has 51 heavy (non-hydrogen) atoms. The zero-order valence-corrected chi connectivity index (χ0v) is 30.0. The topological polar surface area (TPSA) is 122 Å². The summed E-state index contributed by atoms with van der Waals surface area (Å²) in [6.07, 6.45) is -0.694. The van der Waals surface area contributed by atoms with Crippen molar-refractivity contribution in [2.24, 2.45) is 5.41 Å². The van der Waals surface area contributed by atoms with Gasteiger partial charge < -0.3 is 14.6 Å². The van der Waals surface area contributed by atoms with Crippen LogP contribution >= 0.6 is 0 Å². The molecule has 7 rings (SSSR count). The Bertz CT molecular complexity index is 2040. The van der Waals surface area contributed by atoms with E-state index in [-0.39, 0.29) is 12.2 Å². The van der Waals surface area contributed by atoms with E-state index in [2.05, 4.69) is 15.1 Å². The van der Waals surface area contributed by atoms with Crippen molar-refractivity contribution in [2.45, 2.75) is 83.0 Å². The molecule has 4 aromatic rings. The molecule has 1 saturated carbocycles. The maximum absolute atomic E-state index is 14.3. The van der Waals surface area contributed by atoms with Gasteiger partial charge in [-0.3, -0.25) is 14.1 Å². The molecule has 2 atom stereocenters. The van der Waals surface area contributed by atoms with Crippen LogP contribution in [0, 0.1) is 26.2 Å². The Labute approximate surface area is 296 Å². The molecule has 0 amide bonds. The summed E-state index contributed by atoms with van der Waals surface area (Å²) in [6, 6.07) is 9.01. The van der Waals surface area contributed by atoms with Crippen LogP contribution in [0.2, 0.25) is 0 Å². The van der Waals surface area contributed by atoms with Crippen LogP contribution in [0.3, 0.4) is 0 Å². The van der Waals surface area contributed by atoms with Crippen molar-refractivity contribution >= 4 is 22.6 Å². The SMILES string of the molecule is Cc1ccc(C(c2ccn3c(C(F)(F)F)nnc3c2C)C(C)(C)C(=O)O)cc1CN1CC2(CC2)Oc2nc(OCCN3CCC3)c(C)cc2S1=O. The van der Waals surface area contributed by atoms with Gasteiger partial charge in [-0.05, 0) is 107 Å². The van der Waals surface area contributed by atoms with Gasteiger partial charge >= 0.3 is 12.1 Å². The Morgan fingerprint density at radius 1 is 1.10 bits per heavy atom. The molecular formula is C36H41F3N6O5S. The lowest BCUT2D eigenvalue weighted by Gasteiger charge is -2.33. The molecule has 1 N–H and O–H groups in total. The van der Waals surface area contributed by atoms with Crippen molar-refractivity contribution in [3.63, 3.8) is 0 Å². The number of rotatable bonds is 10. The highest BCUT2D eigenvalue weighted by atomic mass is 32.2. The summed E-state index contributed by atoms with van der Waals surface area (Å²) in [5.41, 5.74) is 2.18. The molecule has 1 aromatic carbocycles. The zero-order chi connectivity index (χ0) is 36.5. The van der Waals surface area contributed by atoms with E-state index in [1.165, 1.54) is 18.7 Å². The van der Waals surface area contributed by atoms with Crippen LogP contribution in [0.5, 0.6) is 11.8 Å². The number of carbonyl (C=O) groups is 1. The van der Waals surface area contributed by atoms with Crippen molar-refractivity contribution in [2.75, 3.05) is 32.8 Å². The first kappa shape index (κ1) is 35.3. The van der Waals surface area contributed by atoms with Crippen molar-refractivity contribution in [3.05, 3.63) is 75.7 Å². The average molecular weight is 727 g/mol. The molecule has 1 spiro atoms. The van der Waals surface area contributed by atoms with E-state index < -0.39 is 45.9 Å². The van der Waals surface area contributed by atoms with E-state index in [1.807, 2.05) is 42.4 Å². The molecule has 15 heteroatoms. The fraction of sp³-hybridized carbons (Fsp3) is 0.500. The van der Waals surface area contributed by atoms with Crippen LogP contribution in [0.15, 0.2) is 41.4 Å². The van der Waals surface area contributed by atoms with Gasteiger partial charge in [0.15, 0.2) is 5.65 Å². The Balaban J connectivity index is 1.22. The van der Waals surface area contributed by atoms with Gasteiger partial charge in [-0.15, -0.1) is 10.2 Å². The van der Waals surface area contributed by atoms with E-state index in [0.29, 0.717) is 46.5 Å². The second kappa shape index (κ2) is 12.8. The van der Waals surface area contributed by atoms with Crippen LogP contribution in [-0.4, -0.2) is 82.5 Å². The highest BCUT2D eigenvalue weighted by molar-refractivity contribution is 7.82. The molecule has 0 radical (unpaired) electrons. The number of hydrogen-bond acceptors (Lipinski definition) is 8.